The molecule has 0 saturated heterocycles. The van der Waals surface area contributed by atoms with E-state index in [4.69, 9.17) is 5.26 Å². The molecule has 1 aromatic carbocycles. The van der Waals surface area contributed by atoms with E-state index in [1.54, 1.807) is 7.05 Å². The number of H-pyrrole nitrogens is 1. The van der Waals surface area contributed by atoms with Crippen molar-refractivity contribution in [2.45, 2.75) is 19.4 Å². The van der Waals surface area contributed by atoms with Crippen LogP contribution in [0, 0.1) is 11.3 Å². The fraction of sp³-hybridized carbons (Fsp3) is 0.263. The minimum absolute atomic E-state index is 0.0897. The van der Waals surface area contributed by atoms with Crippen LogP contribution in [0.1, 0.15) is 39.1 Å². The normalized spacial score (nSPS) is 10.0. The number of rotatable bonds is 7. The van der Waals surface area contributed by atoms with Crippen LogP contribution in [-0.2, 0) is 6.54 Å². The first-order valence-electron chi connectivity index (χ1n) is 8.20. The van der Waals surface area contributed by atoms with Gasteiger partial charge in [0.15, 0.2) is 0 Å². The number of amides is 2. The molecule has 0 spiro atoms. The Morgan fingerprint density at radius 1 is 1.27 bits per heavy atom. The van der Waals surface area contributed by atoms with Gasteiger partial charge in [0.05, 0.1) is 11.6 Å². The molecule has 0 aliphatic rings. The number of unbranched alkanes of at least 4 members (excludes halogenated alkanes) is 1. The molecule has 0 bridgehead atoms. The van der Waals surface area contributed by atoms with Crippen LogP contribution in [0.15, 0.2) is 47.4 Å². The number of nitriles is 1. The van der Waals surface area contributed by atoms with Crippen molar-refractivity contribution < 1.29 is 9.59 Å². The zero-order chi connectivity index (χ0) is 18.9. The van der Waals surface area contributed by atoms with Crippen molar-refractivity contribution in [3.63, 3.8) is 0 Å². The maximum absolute atomic E-state index is 12.6. The number of carbonyl (C=O) groups is 2. The Hall–Kier alpha value is -3.40. The van der Waals surface area contributed by atoms with Crippen LogP contribution in [0.3, 0.4) is 0 Å². The zero-order valence-corrected chi connectivity index (χ0v) is 14.5. The van der Waals surface area contributed by atoms with Crippen molar-refractivity contribution in [2.24, 2.45) is 0 Å². The molecule has 2 rings (SSSR count). The monoisotopic (exact) mass is 352 g/mol. The molecule has 7 heteroatoms. The van der Waals surface area contributed by atoms with Crippen LogP contribution in [-0.4, -0.2) is 35.3 Å². The Kier molecular flexibility index (Phi) is 6.68. The van der Waals surface area contributed by atoms with E-state index in [1.165, 1.54) is 17.2 Å². The zero-order valence-electron chi connectivity index (χ0n) is 14.5. The molecule has 1 aromatic heterocycles. The molecule has 0 saturated carbocycles. The lowest BCUT2D eigenvalue weighted by molar-refractivity contribution is 0.0783. The summed E-state index contributed by atoms with van der Waals surface area (Å²) in [6.45, 7) is 0.701. The molecule has 0 aliphatic heterocycles. The number of nitrogens with one attached hydrogen (secondary N) is 2. The lowest BCUT2D eigenvalue weighted by atomic mass is 10.1. The number of pyridine rings is 1. The van der Waals surface area contributed by atoms with Gasteiger partial charge in [0, 0.05) is 32.8 Å². The highest BCUT2D eigenvalue weighted by molar-refractivity contribution is 5.99. The summed E-state index contributed by atoms with van der Waals surface area (Å²) in [5, 5.41) is 11.1. The molecule has 2 aromatic rings. The van der Waals surface area contributed by atoms with Gasteiger partial charge >= 0.3 is 0 Å². The van der Waals surface area contributed by atoms with Gasteiger partial charge in [-0.1, -0.05) is 30.3 Å². The van der Waals surface area contributed by atoms with Crippen LogP contribution in [0.5, 0.6) is 0 Å². The Bertz CT molecular complexity index is 868. The SMILES string of the molecule is CN(Cc1ccccc1)C(=O)c1cc(C(=O)NCCCC#N)c[nH]c1=O. The molecule has 0 atom stereocenters. The molecule has 0 radical (unpaired) electrons. The number of aromatic amines is 1. The minimum atomic E-state index is -0.545. The van der Waals surface area contributed by atoms with Crippen molar-refractivity contribution in [2.75, 3.05) is 13.6 Å². The molecule has 26 heavy (non-hydrogen) atoms. The molecule has 2 amide bonds. The van der Waals surface area contributed by atoms with E-state index in [2.05, 4.69) is 10.3 Å². The van der Waals surface area contributed by atoms with E-state index in [-0.39, 0.29) is 11.1 Å². The highest BCUT2D eigenvalue weighted by atomic mass is 16.2. The Balaban J connectivity index is 2.10. The van der Waals surface area contributed by atoms with Crippen molar-refractivity contribution in [1.82, 2.24) is 15.2 Å². The van der Waals surface area contributed by atoms with Gasteiger partial charge < -0.3 is 15.2 Å². The molecule has 0 aliphatic carbocycles. The molecular weight excluding hydrogens is 332 g/mol. The standard InChI is InChI=1S/C19H20N4O3/c1-23(13-14-7-3-2-4-8-14)19(26)16-11-15(12-22-18(16)25)17(24)21-10-6-5-9-20/h2-4,7-8,11-12H,5-6,10,13H2,1H3,(H,21,24)(H,22,25). The fourth-order valence-electron chi connectivity index (χ4n) is 2.38. The molecular formula is C19H20N4O3. The largest absolute Gasteiger partial charge is 0.352 e. The number of carbonyl (C=O) groups excluding carboxylic acids is 2. The molecule has 2 N–H and O–H groups in total. The first kappa shape index (κ1) is 18.9. The van der Waals surface area contributed by atoms with Crippen molar-refractivity contribution in [3.05, 3.63) is 69.6 Å². The second-order valence-electron chi connectivity index (χ2n) is 5.80. The summed E-state index contributed by atoms with van der Waals surface area (Å²) in [5.41, 5.74) is 0.494. The maximum Gasteiger partial charge on any atom is 0.260 e. The van der Waals surface area contributed by atoms with Crippen molar-refractivity contribution in [3.8, 4) is 6.07 Å². The third kappa shape index (κ3) is 5.05. The summed E-state index contributed by atoms with van der Waals surface area (Å²) >= 11 is 0. The van der Waals surface area contributed by atoms with E-state index in [0.29, 0.717) is 25.9 Å². The van der Waals surface area contributed by atoms with Crippen LogP contribution >= 0.6 is 0 Å². The molecule has 0 unspecified atom stereocenters. The Morgan fingerprint density at radius 3 is 2.69 bits per heavy atom. The molecule has 1 heterocycles. The third-order valence-corrected chi connectivity index (χ3v) is 3.76. The number of aromatic nitrogens is 1. The lowest BCUT2D eigenvalue weighted by Crippen LogP contribution is -2.32. The van der Waals surface area contributed by atoms with E-state index in [9.17, 15) is 14.4 Å². The molecule has 7 nitrogen and oxygen atoms in total. The number of hydrogen-bond acceptors (Lipinski definition) is 4. The quantitative estimate of drug-likeness (QED) is 0.739. The van der Waals surface area contributed by atoms with Crippen LogP contribution < -0.4 is 10.9 Å². The maximum atomic E-state index is 12.6. The van der Waals surface area contributed by atoms with Gasteiger partial charge in [-0.05, 0) is 18.1 Å². The summed E-state index contributed by atoms with van der Waals surface area (Å²) in [5.74, 6) is -0.867. The Labute approximate surface area is 151 Å². The molecule has 134 valence electrons. The topological polar surface area (TPSA) is 106 Å². The summed E-state index contributed by atoms with van der Waals surface area (Å²) in [4.78, 5) is 40.6. The van der Waals surface area contributed by atoms with Gasteiger partial charge in [0.25, 0.3) is 17.4 Å². The first-order valence-corrected chi connectivity index (χ1v) is 8.20. The van der Waals surface area contributed by atoms with Gasteiger partial charge in [-0.15, -0.1) is 0 Å². The van der Waals surface area contributed by atoms with Gasteiger partial charge in [0.2, 0.25) is 0 Å². The second kappa shape index (κ2) is 9.18. The summed E-state index contributed by atoms with van der Waals surface area (Å²) in [6.07, 6.45) is 2.16. The van der Waals surface area contributed by atoms with Gasteiger partial charge in [0.1, 0.15) is 5.56 Å². The average Bonchev–Trinajstić information content (AvgIpc) is 2.65. The third-order valence-electron chi connectivity index (χ3n) is 3.76. The summed E-state index contributed by atoms with van der Waals surface area (Å²) < 4.78 is 0. The van der Waals surface area contributed by atoms with Crippen LogP contribution in [0.4, 0.5) is 0 Å². The number of nitrogens with zero attached hydrogens (tertiary/aromatic N) is 2. The van der Waals surface area contributed by atoms with Crippen LogP contribution in [0.25, 0.3) is 0 Å². The average molecular weight is 352 g/mol. The van der Waals surface area contributed by atoms with Gasteiger partial charge in [-0.2, -0.15) is 5.26 Å². The van der Waals surface area contributed by atoms with E-state index < -0.39 is 17.4 Å². The van der Waals surface area contributed by atoms with Gasteiger partial charge in [-0.3, -0.25) is 14.4 Å². The van der Waals surface area contributed by atoms with E-state index >= 15 is 0 Å². The second-order valence-corrected chi connectivity index (χ2v) is 5.80. The number of hydrogen-bond donors (Lipinski definition) is 2. The van der Waals surface area contributed by atoms with Gasteiger partial charge in [-0.25, -0.2) is 0 Å². The van der Waals surface area contributed by atoms with E-state index in [1.807, 2.05) is 36.4 Å². The van der Waals surface area contributed by atoms with Crippen molar-refractivity contribution >= 4 is 11.8 Å². The number of benzene rings is 1. The highest BCUT2D eigenvalue weighted by Gasteiger charge is 2.18. The van der Waals surface area contributed by atoms with Crippen LogP contribution in [0.2, 0.25) is 0 Å². The summed E-state index contributed by atoms with van der Waals surface area (Å²) in [6, 6.07) is 12.7. The predicted molar refractivity (Wildman–Crippen MR) is 96.5 cm³/mol. The van der Waals surface area contributed by atoms with Crippen molar-refractivity contribution in [1.29, 1.82) is 5.26 Å². The predicted octanol–water partition coefficient (Wildman–Crippen LogP) is 1.68. The highest BCUT2D eigenvalue weighted by Crippen LogP contribution is 2.07. The Morgan fingerprint density at radius 2 is 2.00 bits per heavy atom. The van der Waals surface area contributed by atoms with E-state index in [0.717, 1.165) is 5.56 Å². The fourth-order valence-corrected chi connectivity index (χ4v) is 2.38. The minimum Gasteiger partial charge on any atom is -0.352 e. The summed E-state index contributed by atoms with van der Waals surface area (Å²) in [7, 11) is 1.60. The smallest absolute Gasteiger partial charge is 0.260 e. The lowest BCUT2D eigenvalue weighted by Gasteiger charge is -2.17. The first-order chi connectivity index (χ1) is 12.5. The molecule has 0 fully saturated rings.